The van der Waals surface area contributed by atoms with E-state index in [9.17, 15) is 45.6 Å². The summed E-state index contributed by atoms with van der Waals surface area (Å²) in [6.45, 7) is 2.61. The van der Waals surface area contributed by atoms with Crippen LogP contribution in [0.4, 0.5) is 0 Å². The van der Waals surface area contributed by atoms with Crippen LogP contribution in [0.5, 0.6) is 0 Å². The Hall–Kier alpha value is -2.31. The molecule has 12 unspecified atom stereocenters. The van der Waals surface area contributed by atoms with Gasteiger partial charge in [-0.1, -0.05) is 171 Å². The lowest BCUT2D eigenvalue weighted by Crippen LogP contribution is -2.65. The van der Waals surface area contributed by atoms with Crippen LogP contribution in [0.3, 0.4) is 0 Å². The molecule has 2 fully saturated rings. The van der Waals surface area contributed by atoms with E-state index in [1.165, 1.54) is 70.6 Å². The van der Waals surface area contributed by atoms with Crippen molar-refractivity contribution in [2.75, 3.05) is 19.8 Å². The molecule has 1 amide bonds. The second kappa shape index (κ2) is 39.4. The molecule has 2 aliphatic rings. The fourth-order valence-corrected chi connectivity index (χ4v) is 8.22. The van der Waals surface area contributed by atoms with Crippen LogP contribution in [0.15, 0.2) is 60.8 Å². The number of hydrogen-bond acceptors (Lipinski definition) is 13. The van der Waals surface area contributed by atoms with E-state index < -0.39 is 86.8 Å². The number of aliphatic hydroxyl groups excluding tert-OH is 8. The van der Waals surface area contributed by atoms with E-state index in [4.69, 9.17) is 18.9 Å². The molecule has 2 aliphatic heterocycles. The number of amides is 1. The van der Waals surface area contributed by atoms with Crippen LogP contribution in [0, 0.1) is 0 Å². The smallest absolute Gasteiger partial charge is 0.220 e. The molecule has 9 N–H and O–H groups in total. The summed E-state index contributed by atoms with van der Waals surface area (Å²) in [5, 5.41) is 86.5. The van der Waals surface area contributed by atoms with Gasteiger partial charge in [-0.2, -0.15) is 0 Å². The molecule has 2 heterocycles. The van der Waals surface area contributed by atoms with Crippen molar-refractivity contribution in [1.29, 1.82) is 0 Å². The Morgan fingerprint density at radius 2 is 1.03 bits per heavy atom. The SMILES string of the molecule is CC/C=C\C/C=C\C/C=C\C/C=C\CCCCCCCCCCCCCCC(=O)NC(COC1OC(CO)C(OC2OC(CO)C(O)C(O)C2O)C(O)C1O)C(O)/C=C/CCCCCCCC. The highest BCUT2D eigenvalue weighted by Crippen LogP contribution is 2.30. The van der Waals surface area contributed by atoms with Gasteiger partial charge in [-0.15, -0.1) is 0 Å². The summed E-state index contributed by atoms with van der Waals surface area (Å²) in [6.07, 6.45) is 31.4. The fourth-order valence-electron chi connectivity index (χ4n) is 8.22. The third kappa shape index (κ3) is 26.5. The van der Waals surface area contributed by atoms with Crippen molar-refractivity contribution < 1.29 is 64.6 Å². The van der Waals surface area contributed by atoms with Gasteiger partial charge >= 0.3 is 0 Å². The van der Waals surface area contributed by atoms with Crippen LogP contribution in [0.2, 0.25) is 0 Å². The summed E-state index contributed by atoms with van der Waals surface area (Å²) in [6, 6.07) is -0.914. The van der Waals surface area contributed by atoms with Gasteiger partial charge < -0.3 is 65.1 Å². The maximum Gasteiger partial charge on any atom is 0.220 e. The first kappa shape index (κ1) is 60.8. The second-order valence-electron chi connectivity index (χ2n) is 18.3. The van der Waals surface area contributed by atoms with Crippen LogP contribution in [-0.2, 0) is 23.7 Å². The minimum atomic E-state index is -1.79. The Morgan fingerprint density at radius 1 is 0.552 bits per heavy atom. The summed E-state index contributed by atoms with van der Waals surface area (Å²) in [7, 11) is 0. The summed E-state index contributed by atoms with van der Waals surface area (Å²) in [5.74, 6) is -0.248. The lowest BCUT2D eigenvalue weighted by atomic mass is 9.97. The van der Waals surface area contributed by atoms with Crippen molar-refractivity contribution in [2.24, 2.45) is 0 Å². The Kier molecular flexibility index (Phi) is 35.8. The first-order valence-corrected chi connectivity index (χ1v) is 26.0. The number of carbonyl (C=O) groups excluding carboxylic acids is 1. The van der Waals surface area contributed by atoms with Crippen LogP contribution in [0.25, 0.3) is 0 Å². The molecule has 67 heavy (non-hydrogen) atoms. The highest BCUT2D eigenvalue weighted by Gasteiger charge is 2.51. The average molecular weight is 952 g/mol. The van der Waals surface area contributed by atoms with Crippen LogP contribution < -0.4 is 5.32 Å². The summed E-state index contributed by atoms with van der Waals surface area (Å²) in [4.78, 5) is 13.1. The van der Waals surface area contributed by atoms with E-state index in [0.717, 1.165) is 77.0 Å². The first-order valence-electron chi connectivity index (χ1n) is 26.0. The number of hydrogen-bond donors (Lipinski definition) is 9. The maximum atomic E-state index is 13.1. The molecule has 0 aromatic rings. The van der Waals surface area contributed by atoms with Gasteiger partial charge in [-0.25, -0.2) is 0 Å². The molecule has 2 saturated heterocycles. The van der Waals surface area contributed by atoms with Gasteiger partial charge in [0.2, 0.25) is 5.91 Å². The van der Waals surface area contributed by atoms with Gasteiger partial charge in [0.1, 0.15) is 48.8 Å². The van der Waals surface area contributed by atoms with Gasteiger partial charge in [0, 0.05) is 6.42 Å². The van der Waals surface area contributed by atoms with Crippen molar-refractivity contribution in [2.45, 2.75) is 248 Å². The van der Waals surface area contributed by atoms with Gasteiger partial charge in [0.05, 0.1) is 32.0 Å². The van der Waals surface area contributed by atoms with E-state index >= 15 is 0 Å². The van der Waals surface area contributed by atoms with Crippen molar-refractivity contribution >= 4 is 5.91 Å². The number of aliphatic hydroxyl groups is 8. The summed E-state index contributed by atoms with van der Waals surface area (Å²) < 4.78 is 22.6. The molecule has 0 radical (unpaired) electrons. The number of ether oxygens (including phenoxy) is 4. The van der Waals surface area contributed by atoms with Crippen molar-refractivity contribution in [3.05, 3.63) is 60.8 Å². The predicted octanol–water partition coefficient (Wildman–Crippen LogP) is 7.05. The zero-order chi connectivity index (χ0) is 48.9. The zero-order valence-corrected chi connectivity index (χ0v) is 41.1. The Balaban J connectivity index is 1.71. The van der Waals surface area contributed by atoms with Crippen LogP contribution in [-0.4, -0.2) is 140 Å². The number of carbonyl (C=O) groups is 1. The molecular weight excluding hydrogens is 859 g/mol. The molecule has 14 nitrogen and oxygen atoms in total. The predicted molar refractivity (Wildman–Crippen MR) is 263 cm³/mol. The molecular formula is C53H93NO13. The minimum Gasteiger partial charge on any atom is -0.394 e. The first-order chi connectivity index (χ1) is 32.6. The highest BCUT2D eigenvalue weighted by atomic mass is 16.7. The fraction of sp³-hybridized carbons (Fsp3) is 0.792. The molecule has 388 valence electrons. The van der Waals surface area contributed by atoms with E-state index in [1.54, 1.807) is 6.08 Å². The largest absolute Gasteiger partial charge is 0.394 e. The van der Waals surface area contributed by atoms with Gasteiger partial charge in [-0.05, 0) is 57.8 Å². The minimum absolute atomic E-state index is 0.248. The van der Waals surface area contributed by atoms with E-state index in [2.05, 4.69) is 67.8 Å². The van der Waals surface area contributed by atoms with E-state index in [-0.39, 0.29) is 18.9 Å². The lowest BCUT2D eigenvalue weighted by Gasteiger charge is -2.46. The highest BCUT2D eigenvalue weighted by molar-refractivity contribution is 5.76. The van der Waals surface area contributed by atoms with Crippen molar-refractivity contribution in [3.63, 3.8) is 0 Å². The zero-order valence-electron chi connectivity index (χ0n) is 41.1. The van der Waals surface area contributed by atoms with Crippen LogP contribution in [0.1, 0.15) is 174 Å². The third-order valence-electron chi connectivity index (χ3n) is 12.5. The molecule has 14 heteroatoms. The summed E-state index contributed by atoms with van der Waals surface area (Å²) >= 11 is 0. The molecule has 0 aliphatic carbocycles. The number of unbranched alkanes of at least 4 members (excludes halogenated alkanes) is 18. The molecule has 0 saturated carbocycles. The number of rotatable bonds is 39. The number of allylic oxidation sites excluding steroid dienone is 9. The van der Waals surface area contributed by atoms with Crippen molar-refractivity contribution in [3.8, 4) is 0 Å². The van der Waals surface area contributed by atoms with E-state index in [0.29, 0.717) is 6.42 Å². The maximum absolute atomic E-state index is 13.1. The van der Waals surface area contributed by atoms with Crippen LogP contribution >= 0.6 is 0 Å². The summed E-state index contributed by atoms with van der Waals surface area (Å²) in [5.41, 5.74) is 0. The van der Waals surface area contributed by atoms with Gasteiger partial charge in [-0.3, -0.25) is 4.79 Å². The van der Waals surface area contributed by atoms with Crippen molar-refractivity contribution in [1.82, 2.24) is 5.32 Å². The molecule has 0 bridgehead atoms. The molecule has 12 atom stereocenters. The lowest BCUT2D eigenvalue weighted by molar-refractivity contribution is -0.359. The van der Waals surface area contributed by atoms with Gasteiger partial charge in [0.25, 0.3) is 0 Å². The Morgan fingerprint density at radius 3 is 1.58 bits per heavy atom. The average Bonchev–Trinajstić information content (AvgIpc) is 3.32. The second-order valence-corrected chi connectivity index (χ2v) is 18.3. The molecule has 0 aromatic heterocycles. The monoisotopic (exact) mass is 952 g/mol. The van der Waals surface area contributed by atoms with E-state index in [1.807, 2.05) is 6.08 Å². The molecule has 2 rings (SSSR count). The molecule has 0 spiro atoms. The Labute approximate surface area is 403 Å². The normalized spacial score (nSPS) is 27.1. The topological polar surface area (TPSA) is 228 Å². The quantitative estimate of drug-likeness (QED) is 0.0223. The third-order valence-corrected chi connectivity index (χ3v) is 12.5. The van der Waals surface area contributed by atoms with Gasteiger partial charge in [0.15, 0.2) is 12.6 Å². The standard InChI is InChI=1S/C53H93NO13/c1-3-5-7-9-11-13-14-15-16-17-18-19-20-21-22-23-24-25-26-27-28-29-31-33-35-37-45(58)54-41(42(57)36-34-32-30-12-10-8-6-4-2)40-64-52-50(63)48(61)51(44(39-56)66-52)67-53-49(62)47(60)46(59)43(38-55)65-53/h5,7,11,13,15-16,18-19,34,36,41-44,46-53,55-57,59-63H,3-4,6,8-10,12,14,17,20-33,35,37-40H2,1-2H3,(H,54,58)/b7-5-,13-11-,16-15-,19-18-,36-34+. The number of nitrogens with one attached hydrogen (secondary N) is 1. The Bertz CT molecular complexity index is 1360. The molecule has 0 aromatic carbocycles.